The number of carbonyl (C=O) groups is 2. The minimum Gasteiger partial charge on any atom is -0.478 e. The predicted octanol–water partition coefficient (Wildman–Crippen LogP) is 2.32. The minimum absolute atomic E-state index is 0.114. The van der Waals surface area contributed by atoms with Gasteiger partial charge in [-0.15, -0.1) is 0 Å². The number of rotatable bonds is 5. The Balaban J connectivity index is 2.20. The molecule has 24 heavy (non-hydrogen) atoms. The van der Waals surface area contributed by atoms with Gasteiger partial charge >= 0.3 is 5.97 Å². The summed E-state index contributed by atoms with van der Waals surface area (Å²) in [6.07, 6.45) is 1.03. The third-order valence-electron chi connectivity index (χ3n) is 3.18. The van der Waals surface area contributed by atoms with Crippen LogP contribution in [0.15, 0.2) is 42.5 Å². The lowest BCUT2D eigenvalue weighted by Crippen LogP contribution is -2.14. The number of hydrogen-bond acceptors (Lipinski definition) is 4. The molecular formula is C16H16N2O5S. The molecule has 3 N–H and O–H groups in total. The Kier molecular flexibility index (Phi) is 4.89. The largest absolute Gasteiger partial charge is 0.478 e. The van der Waals surface area contributed by atoms with Crippen LogP contribution in [0.25, 0.3) is 0 Å². The van der Waals surface area contributed by atoms with Gasteiger partial charge < -0.3 is 10.4 Å². The van der Waals surface area contributed by atoms with Crippen molar-refractivity contribution in [2.24, 2.45) is 0 Å². The molecule has 0 aliphatic carbocycles. The van der Waals surface area contributed by atoms with E-state index in [0.29, 0.717) is 16.9 Å². The number of carbonyl (C=O) groups excluding carboxylic acids is 1. The Morgan fingerprint density at radius 1 is 1.00 bits per heavy atom. The molecule has 0 atom stereocenters. The topological polar surface area (TPSA) is 113 Å². The van der Waals surface area contributed by atoms with Crippen molar-refractivity contribution in [1.82, 2.24) is 0 Å². The van der Waals surface area contributed by atoms with Gasteiger partial charge in [-0.05, 0) is 48.9 Å². The summed E-state index contributed by atoms with van der Waals surface area (Å²) in [5.41, 5.74) is 1.83. The Bertz CT molecular complexity index is 889. The summed E-state index contributed by atoms with van der Waals surface area (Å²) in [6.45, 7) is 1.72. The number of aryl methyl sites for hydroxylation is 1. The van der Waals surface area contributed by atoms with Gasteiger partial charge in [0.2, 0.25) is 10.0 Å². The second-order valence-corrected chi connectivity index (χ2v) is 6.99. The highest BCUT2D eigenvalue weighted by molar-refractivity contribution is 7.92. The van der Waals surface area contributed by atoms with Gasteiger partial charge in [0.15, 0.2) is 0 Å². The van der Waals surface area contributed by atoms with Crippen LogP contribution in [0, 0.1) is 6.92 Å². The monoisotopic (exact) mass is 348 g/mol. The van der Waals surface area contributed by atoms with E-state index in [1.165, 1.54) is 30.3 Å². The molecule has 2 rings (SSSR count). The first-order chi connectivity index (χ1) is 11.2. The number of sulfonamides is 1. The van der Waals surface area contributed by atoms with Gasteiger partial charge in [-0.1, -0.05) is 6.07 Å². The molecule has 0 spiro atoms. The number of amides is 1. The molecule has 0 fully saturated rings. The van der Waals surface area contributed by atoms with E-state index in [0.717, 1.165) is 6.26 Å². The van der Waals surface area contributed by atoms with Gasteiger partial charge in [-0.3, -0.25) is 9.52 Å². The molecule has 0 radical (unpaired) electrons. The van der Waals surface area contributed by atoms with Gasteiger partial charge in [0.05, 0.1) is 17.5 Å². The van der Waals surface area contributed by atoms with Crippen LogP contribution >= 0.6 is 0 Å². The molecule has 8 heteroatoms. The molecule has 1 amide bonds. The maximum Gasteiger partial charge on any atom is 0.335 e. The SMILES string of the molecule is Cc1ccc(C(=O)Nc2ccc(C(=O)O)cc2)cc1NS(C)(=O)=O. The number of carboxylic acids is 1. The summed E-state index contributed by atoms with van der Waals surface area (Å²) >= 11 is 0. The summed E-state index contributed by atoms with van der Waals surface area (Å²) in [7, 11) is -3.45. The van der Waals surface area contributed by atoms with Gasteiger partial charge in [0.25, 0.3) is 5.91 Å². The molecule has 0 heterocycles. The molecule has 0 saturated carbocycles. The standard InChI is InChI=1S/C16H16N2O5S/c1-10-3-4-12(9-14(10)18-24(2,22)23)15(19)17-13-7-5-11(6-8-13)16(20)21/h3-9,18H,1-2H3,(H,17,19)(H,20,21). The van der Waals surface area contributed by atoms with Crippen molar-refractivity contribution in [1.29, 1.82) is 0 Å². The van der Waals surface area contributed by atoms with E-state index in [1.54, 1.807) is 19.1 Å². The average molecular weight is 348 g/mol. The third kappa shape index (κ3) is 4.56. The van der Waals surface area contributed by atoms with Crippen LogP contribution in [0.3, 0.4) is 0 Å². The molecule has 0 aliphatic heterocycles. The Morgan fingerprint density at radius 3 is 2.12 bits per heavy atom. The maximum absolute atomic E-state index is 12.3. The van der Waals surface area contributed by atoms with Crippen LogP contribution in [0.5, 0.6) is 0 Å². The maximum atomic E-state index is 12.3. The number of hydrogen-bond donors (Lipinski definition) is 3. The van der Waals surface area contributed by atoms with E-state index in [1.807, 2.05) is 0 Å². The van der Waals surface area contributed by atoms with Crippen LogP contribution < -0.4 is 10.0 Å². The number of anilines is 2. The van der Waals surface area contributed by atoms with Crippen molar-refractivity contribution in [3.05, 3.63) is 59.2 Å². The third-order valence-corrected chi connectivity index (χ3v) is 3.78. The number of benzene rings is 2. The normalized spacial score (nSPS) is 10.9. The molecule has 0 saturated heterocycles. The Labute approximate surface area is 139 Å². The summed E-state index contributed by atoms with van der Waals surface area (Å²) in [6, 6.07) is 10.4. The molecule has 0 aliphatic rings. The lowest BCUT2D eigenvalue weighted by atomic mass is 10.1. The molecule has 0 unspecified atom stereocenters. The van der Waals surface area contributed by atoms with Gasteiger partial charge in [0.1, 0.15) is 0 Å². The highest BCUT2D eigenvalue weighted by Gasteiger charge is 2.11. The summed E-state index contributed by atoms with van der Waals surface area (Å²) in [4.78, 5) is 23.1. The molecule has 0 aromatic heterocycles. The van der Waals surface area contributed by atoms with Crippen LogP contribution in [0.4, 0.5) is 11.4 Å². The van der Waals surface area contributed by atoms with Crippen molar-refractivity contribution < 1.29 is 23.1 Å². The molecule has 126 valence electrons. The van der Waals surface area contributed by atoms with Crippen LogP contribution in [-0.4, -0.2) is 31.7 Å². The zero-order valence-electron chi connectivity index (χ0n) is 13.0. The zero-order valence-corrected chi connectivity index (χ0v) is 13.8. The zero-order chi connectivity index (χ0) is 17.9. The average Bonchev–Trinajstić information content (AvgIpc) is 2.48. The van der Waals surface area contributed by atoms with Crippen molar-refractivity contribution in [2.45, 2.75) is 6.92 Å². The molecule has 7 nitrogen and oxygen atoms in total. The van der Waals surface area contributed by atoms with Gasteiger partial charge in [0, 0.05) is 11.3 Å². The Hall–Kier alpha value is -2.87. The number of aromatic carboxylic acids is 1. The van der Waals surface area contributed by atoms with Crippen molar-refractivity contribution in [3.8, 4) is 0 Å². The van der Waals surface area contributed by atoms with Gasteiger partial charge in [-0.25, -0.2) is 13.2 Å². The molecule has 0 bridgehead atoms. The fourth-order valence-corrected chi connectivity index (χ4v) is 2.59. The molecule has 2 aromatic carbocycles. The van der Waals surface area contributed by atoms with Crippen LogP contribution in [0.2, 0.25) is 0 Å². The van der Waals surface area contributed by atoms with Crippen LogP contribution in [-0.2, 0) is 10.0 Å². The van der Waals surface area contributed by atoms with E-state index < -0.39 is 21.9 Å². The second kappa shape index (κ2) is 6.71. The van der Waals surface area contributed by atoms with E-state index in [9.17, 15) is 18.0 Å². The minimum atomic E-state index is -3.45. The second-order valence-electron chi connectivity index (χ2n) is 5.24. The van der Waals surface area contributed by atoms with Gasteiger partial charge in [-0.2, -0.15) is 0 Å². The number of carboxylic acid groups (broad SMARTS) is 1. The lowest BCUT2D eigenvalue weighted by Gasteiger charge is -2.10. The number of nitrogens with one attached hydrogen (secondary N) is 2. The van der Waals surface area contributed by atoms with Crippen molar-refractivity contribution in [2.75, 3.05) is 16.3 Å². The quantitative estimate of drug-likeness (QED) is 0.767. The summed E-state index contributed by atoms with van der Waals surface area (Å²) < 4.78 is 25.1. The van der Waals surface area contributed by atoms with Crippen molar-refractivity contribution >= 4 is 33.3 Å². The smallest absolute Gasteiger partial charge is 0.335 e. The molecule has 2 aromatic rings. The first kappa shape index (κ1) is 17.5. The highest BCUT2D eigenvalue weighted by atomic mass is 32.2. The fourth-order valence-electron chi connectivity index (χ4n) is 1.97. The lowest BCUT2D eigenvalue weighted by molar-refractivity contribution is 0.0696. The Morgan fingerprint density at radius 2 is 1.58 bits per heavy atom. The summed E-state index contributed by atoms with van der Waals surface area (Å²) in [5.74, 6) is -1.49. The highest BCUT2D eigenvalue weighted by Crippen LogP contribution is 2.19. The van der Waals surface area contributed by atoms with Crippen LogP contribution in [0.1, 0.15) is 26.3 Å². The van der Waals surface area contributed by atoms with E-state index >= 15 is 0 Å². The van der Waals surface area contributed by atoms with E-state index in [-0.39, 0.29) is 11.1 Å². The first-order valence-corrected chi connectivity index (χ1v) is 8.78. The van der Waals surface area contributed by atoms with Crippen molar-refractivity contribution in [3.63, 3.8) is 0 Å². The molecular weight excluding hydrogens is 332 g/mol. The van der Waals surface area contributed by atoms with E-state index in [2.05, 4.69) is 10.0 Å². The summed E-state index contributed by atoms with van der Waals surface area (Å²) in [5, 5.41) is 11.5. The first-order valence-electron chi connectivity index (χ1n) is 6.89. The predicted molar refractivity (Wildman–Crippen MR) is 91.0 cm³/mol. The van der Waals surface area contributed by atoms with E-state index in [4.69, 9.17) is 5.11 Å². The fraction of sp³-hybridized carbons (Fsp3) is 0.125.